The third-order valence-electron chi connectivity index (χ3n) is 3.24. The first-order chi connectivity index (χ1) is 11.2. The maximum absolute atomic E-state index is 12.8. The number of ether oxygens (including phenoxy) is 1. The Kier molecular flexibility index (Phi) is 5.90. The zero-order chi connectivity index (χ0) is 16.7. The van der Waals surface area contributed by atoms with Crippen LogP contribution in [0.1, 0.15) is 17.9 Å². The van der Waals surface area contributed by atoms with Crippen LogP contribution in [0.25, 0.3) is 0 Å². The molecule has 0 radical (unpaired) electrons. The minimum absolute atomic E-state index is 0.142. The van der Waals surface area contributed by atoms with Crippen molar-refractivity contribution in [2.24, 2.45) is 4.99 Å². The molecule has 0 saturated carbocycles. The molecule has 124 valence electrons. The van der Waals surface area contributed by atoms with Crippen LogP contribution in [0.4, 0.5) is 8.78 Å². The Morgan fingerprint density at radius 3 is 2.74 bits per heavy atom. The van der Waals surface area contributed by atoms with E-state index in [-0.39, 0.29) is 12.4 Å². The summed E-state index contributed by atoms with van der Waals surface area (Å²) in [7, 11) is 3.22. The smallest absolute Gasteiger partial charge is 0.319 e. The van der Waals surface area contributed by atoms with E-state index in [2.05, 4.69) is 20.6 Å². The fourth-order valence-electron chi connectivity index (χ4n) is 2.07. The van der Waals surface area contributed by atoms with E-state index >= 15 is 0 Å². The lowest BCUT2D eigenvalue weighted by Crippen LogP contribution is -2.37. The van der Waals surface area contributed by atoms with Gasteiger partial charge in [-0.05, 0) is 6.07 Å². The van der Waals surface area contributed by atoms with Gasteiger partial charge >= 0.3 is 6.55 Å². The molecule has 6 nitrogen and oxygen atoms in total. The van der Waals surface area contributed by atoms with Crippen LogP contribution in [0.2, 0.25) is 0 Å². The maximum Gasteiger partial charge on any atom is 0.319 e. The van der Waals surface area contributed by atoms with Crippen LogP contribution in [-0.2, 0) is 13.1 Å². The molecule has 0 unspecified atom stereocenters. The van der Waals surface area contributed by atoms with Crippen LogP contribution in [-0.4, -0.2) is 29.7 Å². The first-order valence-corrected chi connectivity index (χ1v) is 7.02. The van der Waals surface area contributed by atoms with Crippen molar-refractivity contribution in [3.63, 3.8) is 0 Å². The molecule has 0 aliphatic heterocycles. The highest BCUT2D eigenvalue weighted by Crippen LogP contribution is 2.16. The molecule has 2 rings (SSSR count). The molecular weight excluding hydrogens is 304 g/mol. The Morgan fingerprint density at radius 1 is 1.30 bits per heavy atom. The van der Waals surface area contributed by atoms with Crippen molar-refractivity contribution in [1.82, 2.24) is 20.2 Å². The Hall–Kier alpha value is -2.64. The van der Waals surface area contributed by atoms with Crippen LogP contribution in [0.5, 0.6) is 5.75 Å². The van der Waals surface area contributed by atoms with E-state index < -0.39 is 6.55 Å². The van der Waals surface area contributed by atoms with E-state index in [1.54, 1.807) is 14.2 Å². The Bertz CT molecular complexity index is 657. The molecular formula is C15H19F2N5O. The summed E-state index contributed by atoms with van der Waals surface area (Å²) < 4.78 is 31.6. The minimum Gasteiger partial charge on any atom is -0.496 e. The van der Waals surface area contributed by atoms with Crippen LogP contribution < -0.4 is 15.4 Å². The predicted octanol–water partition coefficient (Wildman–Crippen LogP) is 2.15. The van der Waals surface area contributed by atoms with Crippen LogP contribution in [0.15, 0.2) is 41.7 Å². The standard InChI is InChI=1S/C15H19F2N5O/c1-18-15(20-9-11-5-3-4-6-12(11)23-2)21-10-13-19-7-8-22(13)14(16)17/h3-8,14H,9-10H2,1-2H3,(H2,18,20,21). The number of para-hydroxylation sites is 1. The Morgan fingerprint density at radius 2 is 2.04 bits per heavy atom. The molecule has 0 spiro atoms. The number of nitrogens with one attached hydrogen (secondary N) is 2. The number of nitrogens with zero attached hydrogens (tertiary/aromatic N) is 3. The summed E-state index contributed by atoms with van der Waals surface area (Å²) in [5, 5.41) is 6.06. The molecule has 0 bridgehead atoms. The first-order valence-electron chi connectivity index (χ1n) is 7.02. The van der Waals surface area contributed by atoms with E-state index in [1.165, 1.54) is 12.4 Å². The summed E-state index contributed by atoms with van der Waals surface area (Å²) in [4.78, 5) is 7.97. The van der Waals surface area contributed by atoms with Gasteiger partial charge in [-0.1, -0.05) is 18.2 Å². The number of guanidine groups is 1. The van der Waals surface area contributed by atoms with Crippen molar-refractivity contribution in [2.45, 2.75) is 19.6 Å². The third-order valence-corrected chi connectivity index (χ3v) is 3.24. The van der Waals surface area contributed by atoms with Gasteiger partial charge in [-0.15, -0.1) is 0 Å². The summed E-state index contributed by atoms with van der Waals surface area (Å²) >= 11 is 0. The summed E-state index contributed by atoms with van der Waals surface area (Å²) in [6, 6.07) is 7.60. The van der Waals surface area contributed by atoms with Crippen molar-refractivity contribution in [3.8, 4) is 5.75 Å². The SMILES string of the molecule is CN=C(NCc1ccccc1OC)NCc1nccn1C(F)F. The molecule has 0 aliphatic rings. The minimum atomic E-state index is -2.61. The van der Waals surface area contributed by atoms with Gasteiger partial charge in [0.1, 0.15) is 11.6 Å². The lowest BCUT2D eigenvalue weighted by Gasteiger charge is -2.14. The fourth-order valence-corrected chi connectivity index (χ4v) is 2.07. The highest BCUT2D eigenvalue weighted by molar-refractivity contribution is 5.79. The summed E-state index contributed by atoms with van der Waals surface area (Å²) in [5.74, 6) is 1.49. The van der Waals surface area contributed by atoms with Crippen molar-refractivity contribution >= 4 is 5.96 Å². The van der Waals surface area contributed by atoms with Gasteiger partial charge in [-0.2, -0.15) is 8.78 Å². The topological polar surface area (TPSA) is 63.5 Å². The predicted molar refractivity (Wildman–Crippen MR) is 83.5 cm³/mol. The molecule has 0 aliphatic carbocycles. The lowest BCUT2D eigenvalue weighted by molar-refractivity contribution is 0.0668. The van der Waals surface area contributed by atoms with Gasteiger partial charge in [0.25, 0.3) is 0 Å². The van der Waals surface area contributed by atoms with Gasteiger partial charge in [0.2, 0.25) is 0 Å². The summed E-state index contributed by atoms with van der Waals surface area (Å²) in [5.41, 5.74) is 0.965. The van der Waals surface area contributed by atoms with Crippen LogP contribution >= 0.6 is 0 Å². The summed E-state index contributed by atoms with van der Waals surface area (Å²) in [6.07, 6.45) is 2.58. The third kappa shape index (κ3) is 4.41. The number of alkyl halides is 2. The maximum atomic E-state index is 12.8. The second-order valence-corrected chi connectivity index (χ2v) is 4.62. The van der Waals surface area contributed by atoms with Crippen molar-refractivity contribution in [2.75, 3.05) is 14.2 Å². The van der Waals surface area contributed by atoms with Gasteiger partial charge in [0.05, 0.1) is 13.7 Å². The van der Waals surface area contributed by atoms with Crippen LogP contribution in [0, 0.1) is 0 Å². The van der Waals surface area contributed by atoms with E-state index in [4.69, 9.17) is 4.74 Å². The zero-order valence-electron chi connectivity index (χ0n) is 13.0. The molecule has 1 heterocycles. The molecule has 2 aromatic rings. The molecule has 1 aromatic carbocycles. The molecule has 23 heavy (non-hydrogen) atoms. The summed E-state index contributed by atoms with van der Waals surface area (Å²) in [6.45, 7) is -1.98. The number of methoxy groups -OCH3 is 1. The average Bonchev–Trinajstić information content (AvgIpc) is 3.04. The molecule has 2 N–H and O–H groups in total. The number of benzene rings is 1. The number of hydrogen-bond acceptors (Lipinski definition) is 3. The molecule has 0 saturated heterocycles. The number of rotatable bonds is 6. The molecule has 0 amide bonds. The highest BCUT2D eigenvalue weighted by Gasteiger charge is 2.11. The van der Waals surface area contributed by atoms with Crippen LogP contribution in [0.3, 0.4) is 0 Å². The average molecular weight is 323 g/mol. The van der Waals surface area contributed by atoms with Gasteiger partial charge in [-0.25, -0.2) is 4.98 Å². The largest absolute Gasteiger partial charge is 0.496 e. The molecule has 0 fully saturated rings. The van der Waals surface area contributed by atoms with Gasteiger partial charge < -0.3 is 15.4 Å². The Labute approximate surface area is 133 Å². The second-order valence-electron chi connectivity index (χ2n) is 4.62. The highest BCUT2D eigenvalue weighted by atomic mass is 19.3. The number of halogens is 2. The number of aromatic nitrogens is 2. The second kappa shape index (κ2) is 8.11. The van der Waals surface area contributed by atoms with Crippen molar-refractivity contribution < 1.29 is 13.5 Å². The molecule has 8 heteroatoms. The van der Waals surface area contributed by atoms with Gasteiger partial charge in [0.15, 0.2) is 5.96 Å². The normalized spacial score (nSPS) is 11.6. The monoisotopic (exact) mass is 323 g/mol. The van der Waals surface area contributed by atoms with Gasteiger partial charge in [-0.3, -0.25) is 9.56 Å². The number of hydrogen-bond donors (Lipinski definition) is 2. The van der Waals surface area contributed by atoms with Crippen molar-refractivity contribution in [3.05, 3.63) is 48.0 Å². The van der Waals surface area contributed by atoms with E-state index in [0.717, 1.165) is 15.9 Å². The van der Waals surface area contributed by atoms with E-state index in [9.17, 15) is 8.78 Å². The van der Waals surface area contributed by atoms with Gasteiger partial charge in [0, 0.05) is 31.5 Å². The number of imidazole rings is 1. The van der Waals surface area contributed by atoms with Crippen molar-refractivity contribution in [1.29, 1.82) is 0 Å². The first kappa shape index (κ1) is 16.7. The molecule has 1 aromatic heterocycles. The zero-order valence-corrected chi connectivity index (χ0v) is 13.0. The fraction of sp³-hybridized carbons (Fsp3) is 0.333. The molecule has 0 atom stereocenters. The van der Waals surface area contributed by atoms with E-state index in [1.807, 2.05) is 24.3 Å². The van der Waals surface area contributed by atoms with E-state index in [0.29, 0.717) is 12.5 Å². The quantitative estimate of drug-likeness (QED) is 0.632. The lowest BCUT2D eigenvalue weighted by atomic mass is 10.2. The number of aliphatic imine (C=N–C) groups is 1. The Balaban J connectivity index is 1.92.